The molecule has 2 rings (SSSR count). The first kappa shape index (κ1) is 23.5. The van der Waals surface area contributed by atoms with Crippen molar-refractivity contribution in [1.29, 1.82) is 0 Å². The zero-order chi connectivity index (χ0) is 22.0. The van der Waals surface area contributed by atoms with Crippen molar-refractivity contribution in [3.63, 3.8) is 0 Å². The molecule has 0 radical (unpaired) electrons. The molecule has 0 saturated carbocycles. The Bertz CT molecular complexity index is 881. The van der Waals surface area contributed by atoms with E-state index in [1.807, 2.05) is 62.6 Å². The number of rotatable bonds is 9. The molecule has 2 N–H and O–H groups in total. The number of para-hydroxylation sites is 1. The number of aromatic nitrogens is 1. The van der Waals surface area contributed by atoms with Crippen LogP contribution in [0.5, 0.6) is 5.75 Å². The molecule has 6 heteroatoms. The monoisotopic (exact) mass is 412 g/mol. The number of aryl methyl sites for hydroxylation is 1. The van der Waals surface area contributed by atoms with Gasteiger partial charge in [0.25, 0.3) is 5.56 Å². The highest BCUT2D eigenvalue weighted by Gasteiger charge is 2.14. The van der Waals surface area contributed by atoms with E-state index < -0.39 is 0 Å². The van der Waals surface area contributed by atoms with Crippen LogP contribution in [0.2, 0.25) is 0 Å². The summed E-state index contributed by atoms with van der Waals surface area (Å²) >= 11 is 0. The van der Waals surface area contributed by atoms with E-state index in [0.717, 1.165) is 55.4 Å². The van der Waals surface area contributed by atoms with Crippen molar-refractivity contribution in [2.75, 3.05) is 13.1 Å². The number of hydrogen-bond acceptors (Lipinski definition) is 3. The summed E-state index contributed by atoms with van der Waals surface area (Å²) in [6.45, 7) is 13.0. The van der Waals surface area contributed by atoms with E-state index in [2.05, 4.69) is 17.6 Å². The third-order valence-corrected chi connectivity index (χ3v) is 4.51. The Morgan fingerprint density at radius 1 is 1.07 bits per heavy atom. The average molecular weight is 413 g/mol. The van der Waals surface area contributed by atoms with E-state index >= 15 is 0 Å². The van der Waals surface area contributed by atoms with E-state index in [-0.39, 0.29) is 11.2 Å². The van der Waals surface area contributed by atoms with Gasteiger partial charge in [0.15, 0.2) is 5.96 Å². The number of nitrogens with zero attached hydrogens (tertiary/aromatic N) is 2. The maximum atomic E-state index is 11.9. The molecule has 0 aliphatic heterocycles. The molecule has 0 saturated heterocycles. The molecule has 30 heavy (non-hydrogen) atoms. The van der Waals surface area contributed by atoms with Crippen LogP contribution in [-0.4, -0.2) is 29.2 Å². The van der Waals surface area contributed by atoms with Crippen molar-refractivity contribution in [3.8, 4) is 5.75 Å². The number of aliphatic imine (C=N–C) groups is 1. The highest BCUT2D eigenvalue weighted by Crippen LogP contribution is 2.23. The topological polar surface area (TPSA) is 67.7 Å². The summed E-state index contributed by atoms with van der Waals surface area (Å²) in [4.78, 5) is 16.7. The molecule has 0 aliphatic carbocycles. The van der Waals surface area contributed by atoms with Gasteiger partial charge in [-0.05, 0) is 59.6 Å². The smallest absolute Gasteiger partial charge is 0.250 e. The van der Waals surface area contributed by atoms with E-state index in [9.17, 15) is 4.79 Å². The maximum absolute atomic E-state index is 11.9. The van der Waals surface area contributed by atoms with Gasteiger partial charge in [0.1, 0.15) is 11.4 Å². The standard InChI is InChI=1S/C24H36N4O2/c1-6-25-23(26-16-9-10-17-28-19(2)12-11-15-22(28)29)27-18-20-13-7-8-14-21(20)30-24(3,4)5/h7-8,11-15H,6,9-10,16-18H2,1-5H3,(H2,25,26,27). The Morgan fingerprint density at radius 3 is 2.53 bits per heavy atom. The summed E-state index contributed by atoms with van der Waals surface area (Å²) in [6, 6.07) is 13.4. The highest BCUT2D eigenvalue weighted by molar-refractivity contribution is 5.79. The lowest BCUT2D eigenvalue weighted by molar-refractivity contribution is 0.129. The van der Waals surface area contributed by atoms with Gasteiger partial charge in [-0.15, -0.1) is 0 Å². The summed E-state index contributed by atoms with van der Waals surface area (Å²) in [5, 5.41) is 6.68. The summed E-state index contributed by atoms with van der Waals surface area (Å²) < 4.78 is 7.89. The van der Waals surface area contributed by atoms with Crippen LogP contribution < -0.4 is 20.9 Å². The van der Waals surface area contributed by atoms with Gasteiger partial charge in [-0.2, -0.15) is 0 Å². The number of pyridine rings is 1. The molecule has 2 aromatic rings. The van der Waals surface area contributed by atoms with Crippen LogP contribution in [0.1, 0.15) is 51.8 Å². The Hall–Kier alpha value is -2.76. The lowest BCUT2D eigenvalue weighted by Crippen LogP contribution is -2.37. The number of nitrogens with one attached hydrogen (secondary N) is 2. The zero-order valence-electron chi connectivity index (χ0n) is 19.0. The highest BCUT2D eigenvalue weighted by atomic mass is 16.5. The lowest BCUT2D eigenvalue weighted by Gasteiger charge is -2.23. The molecule has 164 valence electrons. The van der Waals surface area contributed by atoms with Crippen LogP contribution in [-0.2, 0) is 13.1 Å². The predicted molar refractivity (Wildman–Crippen MR) is 124 cm³/mol. The molecule has 0 unspecified atom stereocenters. The molecule has 0 fully saturated rings. The fourth-order valence-electron chi connectivity index (χ4n) is 3.08. The second kappa shape index (κ2) is 11.4. The number of benzene rings is 1. The summed E-state index contributed by atoms with van der Waals surface area (Å²) in [6.07, 6.45) is 1.88. The first-order valence-electron chi connectivity index (χ1n) is 10.8. The summed E-state index contributed by atoms with van der Waals surface area (Å²) in [5.41, 5.74) is 1.88. The Kier molecular flexibility index (Phi) is 8.96. The number of hydrogen-bond donors (Lipinski definition) is 2. The second-order valence-corrected chi connectivity index (χ2v) is 8.31. The van der Waals surface area contributed by atoms with Crippen LogP contribution in [0.25, 0.3) is 0 Å². The normalized spacial score (nSPS) is 12.0. The van der Waals surface area contributed by atoms with Crippen LogP contribution in [0.4, 0.5) is 0 Å². The maximum Gasteiger partial charge on any atom is 0.250 e. The quantitative estimate of drug-likeness (QED) is 0.373. The third kappa shape index (κ3) is 7.93. The number of guanidine groups is 1. The zero-order valence-corrected chi connectivity index (χ0v) is 19.0. The van der Waals surface area contributed by atoms with E-state index in [0.29, 0.717) is 6.54 Å². The van der Waals surface area contributed by atoms with Gasteiger partial charge in [0, 0.05) is 37.0 Å². The molecule has 0 amide bonds. The number of unbranched alkanes of at least 4 members (excludes halogenated alkanes) is 1. The average Bonchev–Trinajstić information content (AvgIpc) is 2.67. The molecule has 0 aliphatic rings. The minimum absolute atomic E-state index is 0.0639. The van der Waals surface area contributed by atoms with E-state index in [4.69, 9.17) is 9.73 Å². The molecule has 6 nitrogen and oxygen atoms in total. The minimum atomic E-state index is -0.248. The molecule has 1 aromatic heterocycles. The van der Waals surface area contributed by atoms with Gasteiger partial charge < -0.3 is 19.9 Å². The Labute approximate surface area is 180 Å². The van der Waals surface area contributed by atoms with Gasteiger partial charge in [-0.25, -0.2) is 4.99 Å². The molecular formula is C24H36N4O2. The number of ether oxygens (including phenoxy) is 1. The SMILES string of the molecule is CCNC(=NCc1ccccc1OC(C)(C)C)NCCCCn1c(C)cccc1=O. The van der Waals surface area contributed by atoms with Crippen LogP contribution in [0.3, 0.4) is 0 Å². The van der Waals surface area contributed by atoms with Gasteiger partial charge in [-0.1, -0.05) is 24.3 Å². The largest absolute Gasteiger partial charge is 0.488 e. The molecule has 0 spiro atoms. The van der Waals surface area contributed by atoms with Crippen molar-refractivity contribution < 1.29 is 4.74 Å². The molecule has 0 bridgehead atoms. The van der Waals surface area contributed by atoms with Crippen molar-refractivity contribution in [2.45, 2.75) is 66.2 Å². The Morgan fingerprint density at radius 2 is 1.83 bits per heavy atom. The lowest BCUT2D eigenvalue weighted by atomic mass is 10.1. The van der Waals surface area contributed by atoms with Crippen LogP contribution >= 0.6 is 0 Å². The molecular weight excluding hydrogens is 376 g/mol. The molecule has 1 heterocycles. The predicted octanol–water partition coefficient (Wildman–Crippen LogP) is 3.87. The van der Waals surface area contributed by atoms with Crippen LogP contribution in [0, 0.1) is 6.92 Å². The fourth-order valence-corrected chi connectivity index (χ4v) is 3.08. The van der Waals surface area contributed by atoms with Crippen molar-refractivity contribution in [2.24, 2.45) is 4.99 Å². The van der Waals surface area contributed by atoms with Gasteiger partial charge in [-0.3, -0.25) is 4.79 Å². The third-order valence-electron chi connectivity index (χ3n) is 4.51. The summed E-state index contributed by atoms with van der Waals surface area (Å²) in [7, 11) is 0. The van der Waals surface area contributed by atoms with Crippen molar-refractivity contribution in [1.82, 2.24) is 15.2 Å². The van der Waals surface area contributed by atoms with Gasteiger partial charge in [0.05, 0.1) is 6.54 Å². The van der Waals surface area contributed by atoms with E-state index in [1.54, 1.807) is 12.1 Å². The van der Waals surface area contributed by atoms with Gasteiger partial charge in [0.2, 0.25) is 0 Å². The van der Waals surface area contributed by atoms with Crippen molar-refractivity contribution >= 4 is 5.96 Å². The first-order valence-corrected chi connectivity index (χ1v) is 10.8. The molecule has 0 atom stereocenters. The summed E-state index contributed by atoms with van der Waals surface area (Å²) in [5.74, 6) is 1.66. The fraction of sp³-hybridized carbons (Fsp3) is 0.500. The Balaban J connectivity index is 1.89. The van der Waals surface area contributed by atoms with Crippen molar-refractivity contribution in [3.05, 3.63) is 64.1 Å². The second-order valence-electron chi connectivity index (χ2n) is 8.31. The first-order chi connectivity index (χ1) is 14.3. The van der Waals surface area contributed by atoms with Crippen LogP contribution in [0.15, 0.2) is 52.3 Å². The molecule has 1 aromatic carbocycles. The minimum Gasteiger partial charge on any atom is -0.488 e. The van der Waals surface area contributed by atoms with E-state index in [1.165, 1.54) is 0 Å². The van der Waals surface area contributed by atoms with Gasteiger partial charge >= 0.3 is 0 Å².